The van der Waals surface area contributed by atoms with Gasteiger partial charge in [0.05, 0.1) is 25.9 Å². The van der Waals surface area contributed by atoms with E-state index in [2.05, 4.69) is 27.0 Å². The quantitative estimate of drug-likeness (QED) is 0.494. The minimum absolute atomic E-state index is 0.134. The number of hydrogen-bond donors (Lipinski definition) is 1. The summed E-state index contributed by atoms with van der Waals surface area (Å²) in [5.74, 6) is 1.48. The van der Waals surface area contributed by atoms with Crippen molar-refractivity contribution >= 4 is 17.2 Å². The third kappa shape index (κ3) is 6.39. The molecule has 2 aromatic rings. The van der Waals surface area contributed by atoms with Gasteiger partial charge in [0.15, 0.2) is 11.5 Å². The number of ether oxygens (including phenoxy) is 3. The SMILES string of the molecule is CCOc1cc(C(=O)NCC(c2ccsc2)N2CCCCCC2)cc(OCC)c1OCC. The molecule has 1 aromatic heterocycles. The van der Waals surface area contributed by atoms with Crippen molar-refractivity contribution in [1.82, 2.24) is 10.2 Å². The van der Waals surface area contributed by atoms with E-state index in [9.17, 15) is 4.79 Å². The molecule has 0 spiro atoms. The largest absolute Gasteiger partial charge is 0.490 e. The number of thiophene rings is 1. The van der Waals surface area contributed by atoms with Crippen LogP contribution in [0.2, 0.25) is 0 Å². The molecule has 1 fully saturated rings. The molecule has 0 bridgehead atoms. The predicted octanol–water partition coefficient (Wildman–Crippen LogP) is 5.29. The summed E-state index contributed by atoms with van der Waals surface area (Å²) in [5, 5.41) is 7.47. The average Bonchev–Trinajstić information content (AvgIpc) is 3.19. The Kier molecular flexibility index (Phi) is 9.68. The lowest BCUT2D eigenvalue weighted by molar-refractivity contribution is 0.0932. The summed E-state index contributed by atoms with van der Waals surface area (Å²) in [6, 6.07) is 5.85. The second-order valence-corrected chi connectivity index (χ2v) is 8.61. The fraction of sp³-hybridized carbons (Fsp3) is 0.560. The van der Waals surface area contributed by atoms with Gasteiger partial charge in [0.25, 0.3) is 5.91 Å². The highest BCUT2D eigenvalue weighted by atomic mass is 32.1. The molecule has 1 aromatic carbocycles. The van der Waals surface area contributed by atoms with Crippen LogP contribution in [0.5, 0.6) is 17.2 Å². The van der Waals surface area contributed by atoms with Crippen LogP contribution in [-0.4, -0.2) is 50.3 Å². The molecule has 1 amide bonds. The summed E-state index contributed by atoms with van der Waals surface area (Å²) in [6.45, 7) is 9.90. The number of likely N-dealkylation sites (tertiary alicyclic amines) is 1. The second-order valence-electron chi connectivity index (χ2n) is 7.83. The number of carbonyl (C=O) groups excluding carboxylic acids is 1. The van der Waals surface area contributed by atoms with Crippen molar-refractivity contribution in [2.24, 2.45) is 0 Å². The Morgan fingerprint density at radius 3 is 2.16 bits per heavy atom. The highest BCUT2D eigenvalue weighted by molar-refractivity contribution is 7.08. The topological polar surface area (TPSA) is 60.0 Å². The Labute approximate surface area is 195 Å². The van der Waals surface area contributed by atoms with Crippen LogP contribution in [-0.2, 0) is 0 Å². The van der Waals surface area contributed by atoms with E-state index in [1.165, 1.54) is 31.2 Å². The van der Waals surface area contributed by atoms with Crippen LogP contribution in [0.25, 0.3) is 0 Å². The van der Waals surface area contributed by atoms with Gasteiger partial charge < -0.3 is 19.5 Å². The van der Waals surface area contributed by atoms with E-state index in [1.54, 1.807) is 23.5 Å². The Hall–Kier alpha value is -2.25. The zero-order chi connectivity index (χ0) is 22.8. The lowest BCUT2D eigenvalue weighted by Crippen LogP contribution is -2.38. The maximum absolute atomic E-state index is 13.2. The van der Waals surface area contributed by atoms with E-state index in [1.807, 2.05) is 20.8 Å². The van der Waals surface area contributed by atoms with E-state index in [0.717, 1.165) is 13.1 Å². The molecule has 0 saturated carbocycles. The first-order chi connectivity index (χ1) is 15.7. The van der Waals surface area contributed by atoms with E-state index in [0.29, 0.717) is 49.2 Å². The lowest BCUT2D eigenvalue weighted by Gasteiger charge is -2.30. The molecule has 0 radical (unpaired) electrons. The number of carbonyl (C=O) groups is 1. The van der Waals surface area contributed by atoms with Gasteiger partial charge >= 0.3 is 0 Å². The van der Waals surface area contributed by atoms with Gasteiger partial charge in [0.2, 0.25) is 5.75 Å². The summed E-state index contributed by atoms with van der Waals surface area (Å²) >= 11 is 1.70. The maximum Gasteiger partial charge on any atom is 0.251 e. The Balaban J connectivity index is 1.79. The van der Waals surface area contributed by atoms with Gasteiger partial charge in [-0.2, -0.15) is 11.3 Å². The van der Waals surface area contributed by atoms with E-state index >= 15 is 0 Å². The van der Waals surface area contributed by atoms with Crippen LogP contribution >= 0.6 is 11.3 Å². The number of amides is 1. The minimum Gasteiger partial charge on any atom is -0.490 e. The van der Waals surface area contributed by atoms with Crippen LogP contribution < -0.4 is 19.5 Å². The number of nitrogens with zero attached hydrogens (tertiary/aromatic N) is 1. The molecule has 1 aliphatic rings. The second kappa shape index (κ2) is 12.7. The van der Waals surface area contributed by atoms with Crippen molar-refractivity contribution in [3.05, 3.63) is 40.1 Å². The number of nitrogens with one attached hydrogen (secondary N) is 1. The van der Waals surface area contributed by atoms with Crippen molar-refractivity contribution in [1.29, 1.82) is 0 Å². The third-order valence-electron chi connectivity index (χ3n) is 5.64. The third-order valence-corrected chi connectivity index (χ3v) is 6.34. The van der Waals surface area contributed by atoms with Crippen LogP contribution in [0.15, 0.2) is 29.0 Å². The predicted molar refractivity (Wildman–Crippen MR) is 129 cm³/mol. The average molecular weight is 461 g/mol. The highest BCUT2D eigenvalue weighted by Crippen LogP contribution is 2.39. The maximum atomic E-state index is 13.2. The Bertz CT molecular complexity index is 805. The first-order valence-corrected chi connectivity index (χ1v) is 12.7. The van der Waals surface area contributed by atoms with Crippen LogP contribution in [0.3, 0.4) is 0 Å². The van der Waals surface area contributed by atoms with Gasteiger partial charge in [-0.05, 0) is 81.2 Å². The van der Waals surface area contributed by atoms with Gasteiger partial charge in [-0.15, -0.1) is 0 Å². The zero-order valence-corrected chi connectivity index (χ0v) is 20.3. The molecule has 7 heteroatoms. The van der Waals surface area contributed by atoms with Crippen LogP contribution in [0.1, 0.15) is 68.4 Å². The van der Waals surface area contributed by atoms with Gasteiger partial charge in [-0.25, -0.2) is 0 Å². The summed E-state index contributed by atoms with van der Waals surface area (Å²) in [7, 11) is 0. The van der Waals surface area contributed by atoms with Gasteiger partial charge in [-0.1, -0.05) is 12.8 Å². The minimum atomic E-state index is -0.134. The number of rotatable bonds is 11. The standard InChI is InChI=1S/C25H36N2O4S/c1-4-29-22-15-20(16-23(30-5-2)24(22)31-6-3)25(28)26-17-21(19-11-14-32-18-19)27-12-9-7-8-10-13-27/h11,14-16,18,21H,4-10,12-13,17H2,1-3H3,(H,26,28). The molecule has 1 atom stereocenters. The molecule has 32 heavy (non-hydrogen) atoms. The summed E-state index contributed by atoms with van der Waals surface area (Å²) in [4.78, 5) is 15.7. The smallest absolute Gasteiger partial charge is 0.251 e. The highest BCUT2D eigenvalue weighted by Gasteiger charge is 2.24. The Morgan fingerprint density at radius 2 is 1.62 bits per heavy atom. The van der Waals surface area contributed by atoms with E-state index in [4.69, 9.17) is 14.2 Å². The molecule has 1 saturated heterocycles. The molecule has 176 valence electrons. The van der Waals surface area contributed by atoms with Crippen molar-refractivity contribution < 1.29 is 19.0 Å². The zero-order valence-electron chi connectivity index (χ0n) is 19.5. The number of hydrogen-bond acceptors (Lipinski definition) is 6. The number of benzene rings is 1. The molecular formula is C25H36N2O4S. The van der Waals surface area contributed by atoms with Crippen molar-refractivity contribution in [2.45, 2.75) is 52.5 Å². The van der Waals surface area contributed by atoms with Crippen LogP contribution in [0.4, 0.5) is 0 Å². The molecule has 1 aliphatic heterocycles. The lowest BCUT2D eigenvalue weighted by atomic mass is 10.1. The normalized spacial score (nSPS) is 15.6. The molecule has 2 heterocycles. The summed E-state index contributed by atoms with van der Waals surface area (Å²) < 4.78 is 17.3. The summed E-state index contributed by atoms with van der Waals surface area (Å²) in [6.07, 6.45) is 4.99. The van der Waals surface area contributed by atoms with Crippen molar-refractivity contribution in [3.8, 4) is 17.2 Å². The van der Waals surface area contributed by atoms with Gasteiger partial charge in [0.1, 0.15) is 0 Å². The van der Waals surface area contributed by atoms with Crippen molar-refractivity contribution in [3.63, 3.8) is 0 Å². The molecule has 0 aliphatic carbocycles. The molecular weight excluding hydrogens is 424 g/mol. The van der Waals surface area contributed by atoms with Crippen molar-refractivity contribution in [2.75, 3.05) is 39.5 Å². The fourth-order valence-corrected chi connectivity index (χ4v) is 4.85. The van der Waals surface area contributed by atoms with E-state index < -0.39 is 0 Å². The van der Waals surface area contributed by atoms with Gasteiger partial charge in [0, 0.05) is 12.1 Å². The van der Waals surface area contributed by atoms with Gasteiger partial charge in [-0.3, -0.25) is 9.69 Å². The fourth-order valence-electron chi connectivity index (χ4n) is 4.14. The monoisotopic (exact) mass is 460 g/mol. The molecule has 1 unspecified atom stereocenters. The first kappa shape index (κ1) is 24.4. The van der Waals surface area contributed by atoms with Crippen LogP contribution in [0, 0.1) is 0 Å². The Morgan fingerprint density at radius 1 is 1.00 bits per heavy atom. The first-order valence-electron chi connectivity index (χ1n) is 11.8. The summed E-state index contributed by atoms with van der Waals surface area (Å²) in [5.41, 5.74) is 1.79. The molecule has 1 N–H and O–H groups in total. The van der Waals surface area contributed by atoms with E-state index in [-0.39, 0.29) is 11.9 Å². The molecule has 6 nitrogen and oxygen atoms in total. The molecule has 3 rings (SSSR count).